The van der Waals surface area contributed by atoms with Crippen LogP contribution in [0.15, 0.2) is 46.9 Å². The zero-order valence-electron chi connectivity index (χ0n) is 11.1. The molecular formula is C15H12BrFN2O2. The molecule has 2 amide bonds. The fourth-order valence-corrected chi connectivity index (χ4v) is 2.14. The van der Waals surface area contributed by atoms with Crippen molar-refractivity contribution in [2.24, 2.45) is 0 Å². The van der Waals surface area contributed by atoms with Gasteiger partial charge in [0, 0.05) is 17.0 Å². The van der Waals surface area contributed by atoms with Crippen LogP contribution < -0.4 is 10.6 Å². The van der Waals surface area contributed by atoms with Crippen molar-refractivity contribution in [3.63, 3.8) is 0 Å². The molecule has 0 heterocycles. The molecular weight excluding hydrogens is 339 g/mol. The number of hydrogen-bond donors (Lipinski definition) is 2. The molecule has 0 saturated heterocycles. The molecule has 2 aromatic carbocycles. The first-order valence-corrected chi connectivity index (χ1v) is 6.89. The molecule has 0 aliphatic rings. The minimum atomic E-state index is -0.506. The Morgan fingerprint density at radius 2 is 1.81 bits per heavy atom. The average Bonchev–Trinajstić information content (AvgIpc) is 2.41. The van der Waals surface area contributed by atoms with Crippen molar-refractivity contribution >= 4 is 39.1 Å². The van der Waals surface area contributed by atoms with Gasteiger partial charge in [0.05, 0.1) is 11.4 Å². The summed E-state index contributed by atoms with van der Waals surface area (Å²) in [5.41, 5.74) is 0.963. The van der Waals surface area contributed by atoms with Crippen molar-refractivity contribution in [2.75, 3.05) is 10.6 Å². The van der Waals surface area contributed by atoms with Gasteiger partial charge in [-0.05, 0) is 36.4 Å². The Labute approximate surface area is 129 Å². The second kappa shape index (κ2) is 6.49. The molecule has 0 unspecified atom stereocenters. The van der Waals surface area contributed by atoms with Crippen LogP contribution in [0.5, 0.6) is 0 Å². The van der Waals surface area contributed by atoms with Crippen LogP contribution in [0.25, 0.3) is 0 Å². The molecule has 0 spiro atoms. The van der Waals surface area contributed by atoms with Crippen LogP contribution in [0.4, 0.5) is 15.8 Å². The molecule has 2 N–H and O–H groups in total. The van der Waals surface area contributed by atoms with Crippen LogP contribution in [0.3, 0.4) is 0 Å². The quantitative estimate of drug-likeness (QED) is 0.884. The SMILES string of the molecule is CC(=O)Nc1ccc(F)cc1NC(=O)c1cccc(Br)c1. The molecule has 0 saturated carbocycles. The fraction of sp³-hybridized carbons (Fsp3) is 0.0667. The number of rotatable bonds is 3. The number of nitrogens with one attached hydrogen (secondary N) is 2. The third kappa shape index (κ3) is 4.13. The summed E-state index contributed by atoms with van der Waals surface area (Å²) < 4.78 is 14.1. The Hall–Kier alpha value is -2.21. The van der Waals surface area contributed by atoms with Crippen LogP contribution in [-0.2, 0) is 4.79 Å². The van der Waals surface area contributed by atoms with E-state index in [9.17, 15) is 14.0 Å². The second-order valence-corrected chi connectivity index (χ2v) is 5.25. The minimum absolute atomic E-state index is 0.204. The lowest BCUT2D eigenvalue weighted by Crippen LogP contribution is -2.15. The van der Waals surface area contributed by atoms with Gasteiger partial charge >= 0.3 is 0 Å². The van der Waals surface area contributed by atoms with Crippen molar-refractivity contribution in [1.29, 1.82) is 0 Å². The maximum Gasteiger partial charge on any atom is 0.255 e. The summed E-state index contributed by atoms with van der Waals surface area (Å²) in [4.78, 5) is 23.3. The van der Waals surface area contributed by atoms with E-state index in [4.69, 9.17) is 0 Å². The zero-order valence-corrected chi connectivity index (χ0v) is 12.7. The largest absolute Gasteiger partial charge is 0.325 e. The van der Waals surface area contributed by atoms with Crippen molar-refractivity contribution in [2.45, 2.75) is 6.92 Å². The normalized spacial score (nSPS) is 10.0. The monoisotopic (exact) mass is 350 g/mol. The van der Waals surface area contributed by atoms with Crippen molar-refractivity contribution < 1.29 is 14.0 Å². The van der Waals surface area contributed by atoms with Crippen LogP contribution in [0.2, 0.25) is 0 Å². The van der Waals surface area contributed by atoms with Gasteiger partial charge in [0.15, 0.2) is 0 Å². The lowest BCUT2D eigenvalue weighted by Gasteiger charge is -2.11. The van der Waals surface area contributed by atoms with Gasteiger partial charge in [-0.3, -0.25) is 9.59 Å². The molecule has 0 aromatic heterocycles. The second-order valence-electron chi connectivity index (χ2n) is 4.34. The van der Waals surface area contributed by atoms with E-state index in [1.807, 2.05) is 0 Å². The molecule has 0 aliphatic heterocycles. The van der Waals surface area contributed by atoms with Gasteiger partial charge in [-0.2, -0.15) is 0 Å². The summed E-state index contributed by atoms with van der Waals surface area (Å²) >= 11 is 3.28. The minimum Gasteiger partial charge on any atom is -0.325 e. The summed E-state index contributed by atoms with van der Waals surface area (Å²) in [6.45, 7) is 1.34. The fourth-order valence-electron chi connectivity index (χ4n) is 1.74. The van der Waals surface area contributed by atoms with Gasteiger partial charge in [0.25, 0.3) is 5.91 Å². The molecule has 21 heavy (non-hydrogen) atoms. The number of anilines is 2. The van der Waals surface area contributed by atoms with Gasteiger partial charge < -0.3 is 10.6 Å². The van der Waals surface area contributed by atoms with Gasteiger partial charge in [-0.15, -0.1) is 0 Å². The number of carbonyl (C=O) groups excluding carboxylic acids is 2. The molecule has 2 aromatic rings. The van der Waals surface area contributed by atoms with Gasteiger partial charge in [0.1, 0.15) is 5.82 Å². The highest BCUT2D eigenvalue weighted by molar-refractivity contribution is 9.10. The van der Waals surface area contributed by atoms with E-state index in [1.54, 1.807) is 24.3 Å². The van der Waals surface area contributed by atoms with Gasteiger partial charge in [-0.1, -0.05) is 22.0 Å². The molecule has 2 rings (SSSR count). The highest BCUT2D eigenvalue weighted by Gasteiger charge is 2.11. The first-order chi connectivity index (χ1) is 9.95. The van der Waals surface area contributed by atoms with Gasteiger partial charge in [-0.25, -0.2) is 4.39 Å². The third-order valence-electron chi connectivity index (χ3n) is 2.63. The van der Waals surface area contributed by atoms with Crippen LogP contribution in [0.1, 0.15) is 17.3 Å². The number of amides is 2. The van der Waals surface area contributed by atoms with Crippen LogP contribution >= 0.6 is 15.9 Å². The van der Waals surface area contributed by atoms with E-state index in [0.717, 1.165) is 10.5 Å². The number of carbonyl (C=O) groups is 2. The predicted molar refractivity (Wildman–Crippen MR) is 82.8 cm³/mol. The molecule has 4 nitrogen and oxygen atoms in total. The molecule has 0 bridgehead atoms. The first-order valence-electron chi connectivity index (χ1n) is 6.10. The predicted octanol–water partition coefficient (Wildman–Crippen LogP) is 3.80. The van der Waals surface area contributed by atoms with Crippen LogP contribution in [0, 0.1) is 5.82 Å². The maximum atomic E-state index is 13.3. The summed E-state index contributed by atoms with van der Waals surface area (Å²) in [6.07, 6.45) is 0. The first kappa shape index (κ1) is 15.2. The third-order valence-corrected chi connectivity index (χ3v) is 3.12. The Bertz CT molecular complexity index is 704. The lowest BCUT2D eigenvalue weighted by atomic mass is 10.2. The molecule has 0 atom stereocenters. The van der Waals surface area contributed by atoms with E-state index in [2.05, 4.69) is 26.6 Å². The summed E-state index contributed by atoms with van der Waals surface area (Å²) in [5.74, 6) is -1.21. The molecule has 0 radical (unpaired) electrons. The highest BCUT2D eigenvalue weighted by atomic mass is 79.9. The Morgan fingerprint density at radius 3 is 2.48 bits per heavy atom. The van der Waals surface area contributed by atoms with Gasteiger partial charge in [0.2, 0.25) is 5.91 Å². The number of benzene rings is 2. The Morgan fingerprint density at radius 1 is 1.05 bits per heavy atom. The molecule has 0 fully saturated rings. The van der Waals surface area contributed by atoms with E-state index in [0.29, 0.717) is 11.3 Å². The lowest BCUT2D eigenvalue weighted by molar-refractivity contribution is -0.114. The Kier molecular flexibility index (Phi) is 4.70. The smallest absolute Gasteiger partial charge is 0.255 e. The standard InChI is InChI=1S/C15H12BrFN2O2/c1-9(20)18-13-6-5-12(17)8-14(13)19-15(21)10-3-2-4-11(16)7-10/h2-8H,1H3,(H,18,20)(H,19,21). The average molecular weight is 351 g/mol. The highest BCUT2D eigenvalue weighted by Crippen LogP contribution is 2.24. The zero-order chi connectivity index (χ0) is 15.4. The number of hydrogen-bond acceptors (Lipinski definition) is 2. The van der Waals surface area contributed by atoms with Crippen molar-refractivity contribution in [3.05, 3.63) is 58.3 Å². The number of halogens is 2. The van der Waals surface area contributed by atoms with Crippen molar-refractivity contribution in [1.82, 2.24) is 0 Å². The van der Waals surface area contributed by atoms with E-state index in [1.165, 1.54) is 19.1 Å². The van der Waals surface area contributed by atoms with E-state index < -0.39 is 11.7 Å². The molecule has 0 aliphatic carbocycles. The summed E-state index contributed by atoms with van der Waals surface area (Å²) in [5, 5.41) is 5.12. The topological polar surface area (TPSA) is 58.2 Å². The van der Waals surface area contributed by atoms with E-state index >= 15 is 0 Å². The Balaban J connectivity index is 2.27. The molecule has 6 heteroatoms. The summed E-state index contributed by atoms with van der Waals surface area (Å²) in [6, 6.07) is 10.6. The van der Waals surface area contributed by atoms with E-state index in [-0.39, 0.29) is 11.6 Å². The van der Waals surface area contributed by atoms with Crippen LogP contribution in [-0.4, -0.2) is 11.8 Å². The van der Waals surface area contributed by atoms with Crippen molar-refractivity contribution in [3.8, 4) is 0 Å². The maximum absolute atomic E-state index is 13.3. The molecule has 108 valence electrons. The summed E-state index contributed by atoms with van der Waals surface area (Å²) in [7, 11) is 0.